The Morgan fingerprint density at radius 2 is 1.90 bits per heavy atom. The first-order valence-electron chi connectivity index (χ1n) is 9.55. The standard InChI is InChI=1S/C21H20FN3O4S2/c1-11-13(4-3-7-16(11)22)14-5-2-6-15(19(14)31(28,29)25-27)21-24-17-9-8-12(20(23)26)10-18(17)30-21/h2-7,12,25,27H,8-10H2,1H3,(H2,23,26). The van der Waals surface area contributed by atoms with Crippen LogP contribution < -0.4 is 10.6 Å². The fraction of sp³-hybridized carbons (Fsp3) is 0.238. The zero-order valence-corrected chi connectivity index (χ0v) is 18.2. The van der Waals surface area contributed by atoms with Crippen LogP contribution in [0.2, 0.25) is 0 Å². The summed E-state index contributed by atoms with van der Waals surface area (Å²) in [7, 11) is -4.34. The van der Waals surface area contributed by atoms with Gasteiger partial charge in [0, 0.05) is 21.9 Å². The van der Waals surface area contributed by atoms with Crippen molar-refractivity contribution in [3.05, 3.63) is 58.3 Å². The maximum Gasteiger partial charge on any atom is 0.263 e. The van der Waals surface area contributed by atoms with Crippen LogP contribution >= 0.6 is 11.3 Å². The molecule has 0 saturated carbocycles. The van der Waals surface area contributed by atoms with E-state index >= 15 is 0 Å². The molecule has 4 N–H and O–H groups in total. The summed E-state index contributed by atoms with van der Waals surface area (Å²) in [5.74, 6) is -1.10. The maximum atomic E-state index is 14.2. The highest BCUT2D eigenvalue weighted by atomic mass is 32.2. The molecule has 1 amide bonds. The number of hydrogen-bond donors (Lipinski definition) is 3. The Bertz CT molecular complexity index is 1290. The van der Waals surface area contributed by atoms with E-state index in [2.05, 4.69) is 4.98 Å². The minimum absolute atomic E-state index is 0.191. The minimum atomic E-state index is -4.34. The summed E-state index contributed by atoms with van der Waals surface area (Å²) in [6, 6.07) is 9.24. The number of aryl methyl sites for hydroxylation is 1. The molecule has 0 bridgehead atoms. The number of sulfonamides is 1. The number of hydrogen-bond acceptors (Lipinski definition) is 6. The average molecular weight is 462 g/mol. The fourth-order valence-corrected chi connectivity index (χ4v) is 6.18. The van der Waals surface area contributed by atoms with Crippen LogP contribution in [-0.2, 0) is 27.7 Å². The molecule has 3 aromatic rings. The summed E-state index contributed by atoms with van der Waals surface area (Å²) < 4.78 is 39.9. The molecule has 0 spiro atoms. The van der Waals surface area contributed by atoms with Crippen molar-refractivity contribution in [3.8, 4) is 21.7 Å². The van der Waals surface area contributed by atoms with Gasteiger partial charge < -0.3 is 10.9 Å². The normalized spacial score (nSPS) is 16.2. The van der Waals surface area contributed by atoms with Gasteiger partial charge in [0.2, 0.25) is 5.91 Å². The lowest BCUT2D eigenvalue weighted by molar-refractivity contribution is -0.122. The molecule has 1 aliphatic carbocycles. The number of nitrogens with two attached hydrogens (primary N) is 1. The van der Waals surface area contributed by atoms with Crippen LogP contribution in [0.1, 0.15) is 22.6 Å². The molecular weight excluding hydrogens is 441 g/mol. The first-order chi connectivity index (χ1) is 14.7. The zero-order chi connectivity index (χ0) is 22.3. The molecule has 4 rings (SSSR count). The molecule has 1 heterocycles. The largest absolute Gasteiger partial charge is 0.369 e. The number of carbonyl (C=O) groups is 1. The molecule has 10 heteroatoms. The molecule has 0 fully saturated rings. The number of fused-ring (bicyclic) bond motifs is 1. The van der Waals surface area contributed by atoms with Crippen LogP contribution in [0.15, 0.2) is 41.3 Å². The van der Waals surface area contributed by atoms with Crippen molar-refractivity contribution >= 4 is 27.3 Å². The summed E-state index contributed by atoms with van der Waals surface area (Å²) in [5.41, 5.74) is 7.48. The van der Waals surface area contributed by atoms with Gasteiger partial charge >= 0.3 is 0 Å². The third-order valence-corrected chi connectivity index (χ3v) is 7.91. The molecule has 2 aromatic carbocycles. The molecule has 1 aromatic heterocycles. The molecule has 1 aliphatic rings. The van der Waals surface area contributed by atoms with Crippen LogP contribution in [0, 0.1) is 18.7 Å². The second-order valence-electron chi connectivity index (χ2n) is 7.42. The highest BCUT2D eigenvalue weighted by molar-refractivity contribution is 7.89. The highest BCUT2D eigenvalue weighted by Gasteiger charge is 2.30. The Morgan fingerprint density at radius 1 is 1.23 bits per heavy atom. The number of aromatic nitrogens is 1. The highest BCUT2D eigenvalue weighted by Crippen LogP contribution is 2.41. The van der Waals surface area contributed by atoms with Crippen LogP contribution in [0.3, 0.4) is 0 Å². The Balaban J connectivity index is 1.93. The second-order valence-corrected chi connectivity index (χ2v) is 10.1. The van der Waals surface area contributed by atoms with E-state index in [0.29, 0.717) is 29.8 Å². The van der Waals surface area contributed by atoms with E-state index in [9.17, 15) is 22.8 Å². The number of nitrogens with one attached hydrogen (secondary N) is 1. The number of rotatable bonds is 5. The van der Waals surface area contributed by atoms with E-state index in [1.54, 1.807) is 31.2 Å². The van der Waals surface area contributed by atoms with Gasteiger partial charge in [0.05, 0.1) is 5.69 Å². The van der Waals surface area contributed by atoms with Crippen molar-refractivity contribution in [3.63, 3.8) is 0 Å². The molecule has 162 valence electrons. The van der Waals surface area contributed by atoms with Gasteiger partial charge in [0.25, 0.3) is 10.0 Å². The van der Waals surface area contributed by atoms with E-state index in [-0.39, 0.29) is 33.4 Å². The van der Waals surface area contributed by atoms with Crippen LogP contribution in [0.5, 0.6) is 0 Å². The summed E-state index contributed by atoms with van der Waals surface area (Å²) in [6.45, 7) is 1.56. The first-order valence-corrected chi connectivity index (χ1v) is 11.9. The molecule has 31 heavy (non-hydrogen) atoms. The van der Waals surface area contributed by atoms with Gasteiger partial charge in [0.15, 0.2) is 0 Å². The van der Waals surface area contributed by atoms with Gasteiger partial charge in [-0.25, -0.2) is 17.8 Å². The topological polar surface area (TPSA) is 122 Å². The maximum absolute atomic E-state index is 14.2. The van der Waals surface area contributed by atoms with Crippen molar-refractivity contribution in [2.24, 2.45) is 11.7 Å². The Kier molecular flexibility index (Phi) is 5.65. The van der Waals surface area contributed by atoms with Crippen LogP contribution in [-0.4, -0.2) is 24.5 Å². The van der Waals surface area contributed by atoms with E-state index in [1.807, 2.05) is 0 Å². The van der Waals surface area contributed by atoms with Gasteiger partial charge in [-0.15, -0.1) is 11.3 Å². The average Bonchev–Trinajstić information content (AvgIpc) is 3.18. The quantitative estimate of drug-likeness (QED) is 0.504. The zero-order valence-electron chi connectivity index (χ0n) is 16.6. The van der Waals surface area contributed by atoms with E-state index < -0.39 is 15.8 Å². The van der Waals surface area contributed by atoms with Gasteiger partial charge in [-0.3, -0.25) is 4.79 Å². The molecule has 0 saturated heterocycles. The monoisotopic (exact) mass is 461 g/mol. The van der Waals surface area contributed by atoms with Gasteiger partial charge in [-0.2, -0.15) is 0 Å². The van der Waals surface area contributed by atoms with Gasteiger partial charge in [-0.05, 0) is 43.4 Å². The number of benzene rings is 2. The van der Waals surface area contributed by atoms with Crippen molar-refractivity contribution < 1.29 is 22.8 Å². The van der Waals surface area contributed by atoms with Crippen molar-refractivity contribution in [2.75, 3.05) is 0 Å². The van der Waals surface area contributed by atoms with Gasteiger partial charge in [-0.1, -0.05) is 35.2 Å². The van der Waals surface area contributed by atoms with Crippen molar-refractivity contribution in [1.29, 1.82) is 0 Å². The molecule has 1 unspecified atom stereocenters. The predicted octanol–water partition coefficient (Wildman–Crippen LogP) is 3.18. The number of nitrogens with zero attached hydrogens (tertiary/aromatic N) is 1. The first kappa shape index (κ1) is 21.6. The number of thiazole rings is 1. The predicted molar refractivity (Wildman–Crippen MR) is 114 cm³/mol. The molecule has 7 nitrogen and oxygen atoms in total. The third-order valence-electron chi connectivity index (χ3n) is 5.53. The summed E-state index contributed by atoms with van der Waals surface area (Å²) >= 11 is 1.29. The summed E-state index contributed by atoms with van der Waals surface area (Å²) in [5, 5.41) is 9.84. The third kappa shape index (κ3) is 3.87. The Labute approximate surface area is 182 Å². The second kappa shape index (κ2) is 8.12. The smallest absolute Gasteiger partial charge is 0.263 e. The van der Waals surface area contributed by atoms with Crippen LogP contribution in [0.25, 0.3) is 21.7 Å². The number of amides is 1. The van der Waals surface area contributed by atoms with Gasteiger partial charge in [0.1, 0.15) is 15.7 Å². The van der Waals surface area contributed by atoms with E-state index in [0.717, 1.165) is 10.6 Å². The molecular formula is C21H20FN3O4S2. The van der Waals surface area contributed by atoms with Crippen molar-refractivity contribution in [2.45, 2.75) is 31.1 Å². The summed E-state index contributed by atoms with van der Waals surface area (Å²) in [6.07, 6.45) is 1.63. The Hall–Kier alpha value is -2.66. The number of primary amides is 1. The number of halogens is 1. The van der Waals surface area contributed by atoms with Crippen LogP contribution in [0.4, 0.5) is 4.39 Å². The Morgan fingerprint density at radius 3 is 2.61 bits per heavy atom. The minimum Gasteiger partial charge on any atom is -0.369 e. The molecule has 0 aliphatic heterocycles. The lowest BCUT2D eigenvalue weighted by Gasteiger charge is -2.17. The molecule has 0 radical (unpaired) electrons. The lowest BCUT2D eigenvalue weighted by Crippen LogP contribution is -2.28. The van der Waals surface area contributed by atoms with Crippen molar-refractivity contribution in [1.82, 2.24) is 9.87 Å². The lowest BCUT2D eigenvalue weighted by atomic mass is 9.91. The van der Waals surface area contributed by atoms with E-state index in [1.165, 1.54) is 28.4 Å². The SMILES string of the molecule is Cc1c(F)cccc1-c1cccc(-c2nc3c(s2)CC(C(N)=O)CC3)c1S(=O)(=O)NO. The summed E-state index contributed by atoms with van der Waals surface area (Å²) in [4.78, 5) is 18.3. The number of carbonyl (C=O) groups excluding carboxylic acids is 1. The fourth-order valence-electron chi connectivity index (χ4n) is 3.88. The van der Waals surface area contributed by atoms with E-state index in [4.69, 9.17) is 5.73 Å². The molecule has 1 atom stereocenters.